The normalized spacial score (nSPS) is 18.8. The van der Waals surface area contributed by atoms with Crippen molar-refractivity contribution in [1.29, 1.82) is 0 Å². The Hall–Kier alpha value is -3.77. The minimum atomic E-state index is -0.318. The molecule has 3 heterocycles. The highest BCUT2D eigenvalue weighted by molar-refractivity contribution is 6.04. The summed E-state index contributed by atoms with van der Waals surface area (Å²) in [5, 5.41) is 18.6. The van der Waals surface area contributed by atoms with E-state index in [9.17, 15) is 5.11 Å². The number of aromatic nitrogens is 2. The third kappa shape index (κ3) is 4.11. The van der Waals surface area contributed by atoms with Crippen molar-refractivity contribution in [3.05, 3.63) is 83.6 Å². The van der Waals surface area contributed by atoms with E-state index in [1.807, 2.05) is 42.6 Å². The van der Waals surface area contributed by atoms with Crippen LogP contribution in [-0.4, -0.2) is 45.9 Å². The molecule has 1 aromatic heterocycles. The Kier molecular flexibility index (Phi) is 5.89. The van der Waals surface area contributed by atoms with Crippen molar-refractivity contribution in [2.45, 2.75) is 38.8 Å². The number of phenols is 1. The first-order valence-corrected chi connectivity index (χ1v) is 12.7. The van der Waals surface area contributed by atoms with Crippen LogP contribution in [0.2, 0.25) is 0 Å². The van der Waals surface area contributed by atoms with Gasteiger partial charge in [-0.1, -0.05) is 24.3 Å². The topological polar surface area (TPSA) is 70.6 Å². The molecule has 2 atom stereocenters. The van der Waals surface area contributed by atoms with Gasteiger partial charge < -0.3 is 14.6 Å². The van der Waals surface area contributed by atoms with E-state index < -0.39 is 0 Å². The zero-order chi connectivity index (χ0) is 24.6. The molecule has 1 unspecified atom stereocenters. The molecule has 2 aliphatic rings. The van der Waals surface area contributed by atoms with Crippen molar-refractivity contribution in [2.24, 2.45) is 0 Å². The Morgan fingerprint density at radius 2 is 1.92 bits per heavy atom. The number of nitrogens with zero attached hydrogens (tertiary/aromatic N) is 2. The highest BCUT2D eigenvalue weighted by Crippen LogP contribution is 2.48. The first kappa shape index (κ1) is 22.7. The van der Waals surface area contributed by atoms with E-state index >= 15 is 0 Å². The van der Waals surface area contributed by atoms with E-state index in [4.69, 9.17) is 9.47 Å². The summed E-state index contributed by atoms with van der Waals surface area (Å²) in [5.41, 5.74) is 6.11. The van der Waals surface area contributed by atoms with Crippen LogP contribution in [0.15, 0.2) is 66.9 Å². The molecule has 6 heteroatoms. The number of ether oxygens (including phenoxy) is 2. The van der Waals surface area contributed by atoms with E-state index in [2.05, 4.69) is 41.1 Å². The van der Waals surface area contributed by atoms with Gasteiger partial charge in [0.15, 0.2) is 0 Å². The van der Waals surface area contributed by atoms with Gasteiger partial charge in [0.2, 0.25) is 0 Å². The number of rotatable bonds is 6. The lowest BCUT2D eigenvalue weighted by atomic mass is 9.85. The zero-order valence-electron chi connectivity index (χ0n) is 20.7. The molecule has 0 bridgehead atoms. The average molecular weight is 482 g/mol. The van der Waals surface area contributed by atoms with Gasteiger partial charge in [-0.15, -0.1) is 0 Å². The largest absolute Gasteiger partial charge is 0.508 e. The fraction of sp³-hybridized carbons (Fsp3) is 0.300. The summed E-state index contributed by atoms with van der Waals surface area (Å²) in [6.07, 6.45) is 4.09. The first-order valence-electron chi connectivity index (χ1n) is 12.7. The van der Waals surface area contributed by atoms with Crippen LogP contribution in [0.1, 0.15) is 49.5 Å². The highest BCUT2D eigenvalue weighted by Gasteiger charge is 2.31. The number of H-pyrrole nitrogens is 1. The van der Waals surface area contributed by atoms with E-state index in [0.29, 0.717) is 12.6 Å². The SMILES string of the molecule is CC1=C(c2cccc(O)c2)C(c2ccc(OC[C@H](C)N3CCCC3)cc2)Oc2ccc3[nH]ncc3c21. The van der Waals surface area contributed by atoms with Gasteiger partial charge >= 0.3 is 0 Å². The third-order valence-corrected chi connectivity index (χ3v) is 7.47. The van der Waals surface area contributed by atoms with Crippen LogP contribution in [0.25, 0.3) is 22.0 Å². The van der Waals surface area contributed by atoms with Gasteiger partial charge in [-0.25, -0.2) is 0 Å². The van der Waals surface area contributed by atoms with Gasteiger partial charge in [0, 0.05) is 22.6 Å². The maximum atomic E-state index is 10.2. The second kappa shape index (κ2) is 9.36. The van der Waals surface area contributed by atoms with Crippen molar-refractivity contribution in [3.8, 4) is 17.2 Å². The number of allylic oxidation sites excluding steroid dienone is 1. The predicted molar refractivity (Wildman–Crippen MR) is 142 cm³/mol. The quantitative estimate of drug-likeness (QED) is 0.343. The molecular formula is C30H31N3O3. The lowest BCUT2D eigenvalue weighted by Crippen LogP contribution is -2.34. The monoisotopic (exact) mass is 481 g/mol. The number of fused-ring (bicyclic) bond motifs is 3. The standard InChI is InChI=1S/C30H31N3O3/c1-19(33-14-3-4-15-33)18-35-24-10-8-21(9-11-24)30-28(22-6-5-7-23(34)16-22)20(2)29-25-17-31-32-26(25)12-13-27(29)36-30/h5-13,16-17,19,30,34H,3-4,14-15,18H2,1-2H3,(H,31,32)/t19-,30?/m0/s1. The summed E-state index contributed by atoms with van der Waals surface area (Å²) in [6, 6.07) is 20.0. The van der Waals surface area contributed by atoms with E-state index in [-0.39, 0.29) is 11.9 Å². The summed E-state index contributed by atoms with van der Waals surface area (Å²) >= 11 is 0. The van der Waals surface area contributed by atoms with Crippen molar-refractivity contribution in [1.82, 2.24) is 15.1 Å². The Morgan fingerprint density at radius 3 is 2.69 bits per heavy atom. The molecule has 3 aromatic carbocycles. The van der Waals surface area contributed by atoms with Crippen molar-refractivity contribution < 1.29 is 14.6 Å². The van der Waals surface area contributed by atoms with Crippen molar-refractivity contribution in [2.75, 3.05) is 19.7 Å². The number of aromatic amines is 1. The highest BCUT2D eigenvalue weighted by atomic mass is 16.5. The van der Waals surface area contributed by atoms with Crippen LogP contribution >= 0.6 is 0 Å². The summed E-state index contributed by atoms with van der Waals surface area (Å²) in [5.74, 6) is 1.92. The van der Waals surface area contributed by atoms with Gasteiger partial charge in [0.05, 0.1) is 11.7 Å². The van der Waals surface area contributed by atoms with Gasteiger partial charge in [-0.05, 0) is 92.9 Å². The minimum absolute atomic E-state index is 0.231. The number of nitrogens with one attached hydrogen (secondary N) is 1. The van der Waals surface area contributed by atoms with E-state index in [1.54, 1.807) is 12.1 Å². The molecule has 0 spiro atoms. The number of phenolic OH excluding ortho intramolecular Hbond substituents is 1. The smallest absolute Gasteiger partial charge is 0.150 e. The molecule has 184 valence electrons. The van der Waals surface area contributed by atoms with Crippen molar-refractivity contribution in [3.63, 3.8) is 0 Å². The molecule has 0 amide bonds. The molecule has 1 saturated heterocycles. The van der Waals surface area contributed by atoms with E-state index in [1.165, 1.54) is 25.9 Å². The Bertz CT molecular complexity index is 1420. The molecule has 36 heavy (non-hydrogen) atoms. The summed E-state index contributed by atoms with van der Waals surface area (Å²) in [4.78, 5) is 2.49. The molecule has 0 saturated carbocycles. The molecule has 6 rings (SSSR count). The lowest BCUT2D eigenvalue weighted by molar-refractivity contribution is 0.172. The van der Waals surface area contributed by atoms with Crippen LogP contribution in [-0.2, 0) is 0 Å². The second-order valence-corrected chi connectivity index (χ2v) is 9.83. The maximum absolute atomic E-state index is 10.2. The summed E-state index contributed by atoms with van der Waals surface area (Å²) in [6.45, 7) is 7.37. The Labute approximate surface area is 211 Å². The fourth-order valence-corrected chi connectivity index (χ4v) is 5.52. The third-order valence-electron chi connectivity index (χ3n) is 7.47. The van der Waals surface area contributed by atoms with Gasteiger partial charge in [0.1, 0.15) is 30.0 Å². The summed E-state index contributed by atoms with van der Waals surface area (Å²) < 4.78 is 12.8. The second-order valence-electron chi connectivity index (χ2n) is 9.83. The molecule has 1 fully saturated rings. The molecule has 6 nitrogen and oxygen atoms in total. The molecule has 2 N–H and O–H groups in total. The average Bonchev–Trinajstić information content (AvgIpc) is 3.60. The van der Waals surface area contributed by atoms with Crippen molar-refractivity contribution >= 4 is 22.0 Å². The number of aromatic hydroxyl groups is 1. The number of benzene rings is 3. The van der Waals surface area contributed by atoms with Crippen LogP contribution in [0, 0.1) is 0 Å². The molecular weight excluding hydrogens is 450 g/mol. The summed E-state index contributed by atoms with van der Waals surface area (Å²) in [7, 11) is 0. The lowest BCUT2D eigenvalue weighted by Gasteiger charge is -2.31. The van der Waals surface area contributed by atoms with Gasteiger partial charge in [-0.3, -0.25) is 10.00 Å². The Morgan fingerprint density at radius 1 is 1.11 bits per heavy atom. The van der Waals surface area contributed by atoms with Crippen LogP contribution in [0.4, 0.5) is 0 Å². The van der Waals surface area contributed by atoms with Crippen LogP contribution in [0.5, 0.6) is 17.2 Å². The minimum Gasteiger partial charge on any atom is -0.508 e. The van der Waals surface area contributed by atoms with Crippen LogP contribution in [0.3, 0.4) is 0 Å². The molecule has 4 aromatic rings. The fourth-order valence-electron chi connectivity index (χ4n) is 5.52. The van der Waals surface area contributed by atoms with Gasteiger partial charge in [-0.2, -0.15) is 5.10 Å². The molecule has 0 aliphatic carbocycles. The number of hydrogen-bond donors (Lipinski definition) is 2. The zero-order valence-corrected chi connectivity index (χ0v) is 20.7. The Balaban J connectivity index is 1.34. The molecule has 2 aliphatic heterocycles. The first-order chi connectivity index (χ1) is 17.6. The van der Waals surface area contributed by atoms with Gasteiger partial charge in [0.25, 0.3) is 0 Å². The maximum Gasteiger partial charge on any atom is 0.150 e. The number of hydrogen-bond acceptors (Lipinski definition) is 5. The van der Waals surface area contributed by atoms with Crippen LogP contribution < -0.4 is 9.47 Å². The van der Waals surface area contributed by atoms with E-state index in [0.717, 1.165) is 50.2 Å². The predicted octanol–water partition coefficient (Wildman–Crippen LogP) is 6.20. The molecule has 0 radical (unpaired) electrons. The number of likely N-dealkylation sites (tertiary alicyclic amines) is 1.